The summed E-state index contributed by atoms with van der Waals surface area (Å²) < 4.78 is 0. The van der Waals surface area contributed by atoms with E-state index < -0.39 is 6.09 Å². The van der Waals surface area contributed by atoms with E-state index in [-0.39, 0.29) is 11.2 Å². The van der Waals surface area contributed by atoms with Gasteiger partial charge in [0.15, 0.2) is 0 Å². The van der Waals surface area contributed by atoms with E-state index >= 15 is 0 Å². The minimum atomic E-state index is -0.984. The summed E-state index contributed by atoms with van der Waals surface area (Å²) in [5.41, 5.74) is 2.37. The number of halogens is 1. The third-order valence-electron chi connectivity index (χ3n) is 4.09. The van der Waals surface area contributed by atoms with Crippen molar-refractivity contribution in [3.8, 4) is 6.07 Å². The number of anilines is 1. The summed E-state index contributed by atoms with van der Waals surface area (Å²) in [6.07, 6.45) is 1.20. The fourth-order valence-electron chi connectivity index (χ4n) is 2.95. The van der Waals surface area contributed by atoms with E-state index in [0.717, 1.165) is 36.2 Å². The molecule has 0 bridgehead atoms. The predicted octanol–water partition coefficient (Wildman–Crippen LogP) is 2.71. The van der Waals surface area contributed by atoms with E-state index in [1.807, 2.05) is 13.8 Å². The van der Waals surface area contributed by atoms with Crippen molar-refractivity contribution in [1.82, 2.24) is 10.3 Å². The van der Waals surface area contributed by atoms with E-state index in [1.165, 1.54) is 0 Å². The Morgan fingerprint density at radius 3 is 2.68 bits per heavy atom. The van der Waals surface area contributed by atoms with Gasteiger partial charge in [-0.05, 0) is 37.3 Å². The molecule has 0 aromatic carbocycles. The number of pyridine rings is 1. The van der Waals surface area contributed by atoms with Gasteiger partial charge in [0.2, 0.25) is 0 Å². The lowest BCUT2D eigenvalue weighted by Crippen LogP contribution is -2.44. The smallest absolute Gasteiger partial charge is 0.404 e. The van der Waals surface area contributed by atoms with Crippen molar-refractivity contribution in [2.45, 2.75) is 39.2 Å². The first-order chi connectivity index (χ1) is 10.5. The second-order valence-corrected chi connectivity index (χ2v) is 5.74. The minimum absolute atomic E-state index is 0.0199. The molecule has 0 unspecified atom stereocenters. The predicted molar refractivity (Wildman–Crippen MR) is 84.5 cm³/mol. The van der Waals surface area contributed by atoms with Crippen LogP contribution in [0.2, 0.25) is 5.15 Å². The molecule has 7 heteroatoms. The Kier molecular flexibility index (Phi) is 5.09. The Bertz CT molecular complexity index is 619. The van der Waals surface area contributed by atoms with Crippen LogP contribution in [0.3, 0.4) is 0 Å². The Morgan fingerprint density at radius 1 is 1.55 bits per heavy atom. The monoisotopic (exact) mass is 322 g/mol. The Hall–Kier alpha value is -2.00. The van der Waals surface area contributed by atoms with Crippen molar-refractivity contribution in [2.24, 2.45) is 0 Å². The van der Waals surface area contributed by atoms with Crippen LogP contribution in [0.25, 0.3) is 0 Å². The van der Waals surface area contributed by atoms with E-state index in [4.69, 9.17) is 16.7 Å². The van der Waals surface area contributed by atoms with Gasteiger partial charge in [-0.15, -0.1) is 0 Å². The molecule has 0 saturated carbocycles. The molecule has 0 spiro atoms. The van der Waals surface area contributed by atoms with Crippen molar-refractivity contribution in [3.63, 3.8) is 0 Å². The van der Waals surface area contributed by atoms with Crippen LogP contribution < -0.4 is 10.2 Å². The molecular weight excluding hydrogens is 304 g/mol. The number of piperidine rings is 1. The molecule has 2 N–H and O–H groups in total. The van der Waals surface area contributed by atoms with Gasteiger partial charge in [0.05, 0.1) is 5.56 Å². The number of hydrogen-bond acceptors (Lipinski definition) is 4. The summed E-state index contributed by atoms with van der Waals surface area (Å²) in [4.78, 5) is 17.2. The van der Waals surface area contributed by atoms with Gasteiger partial charge in [0.25, 0.3) is 0 Å². The zero-order valence-corrected chi connectivity index (χ0v) is 13.4. The van der Waals surface area contributed by atoms with Crippen molar-refractivity contribution < 1.29 is 9.90 Å². The van der Waals surface area contributed by atoms with Crippen molar-refractivity contribution in [3.05, 3.63) is 21.8 Å². The Morgan fingerprint density at radius 2 is 2.18 bits per heavy atom. The van der Waals surface area contributed by atoms with Crippen LogP contribution in [-0.2, 0) is 6.42 Å². The second kappa shape index (κ2) is 6.84. The van der Waals surface area contributed by atoms with Crippen LogP contribution in [0, 0.1) is 18.3 Å². The molecule has 2 rings (SSSR count). The highest BCUT2D eigenvalue weighted by molar-refractivity contribution is 6.30. The highest BCUT2D eigenvalue weighted by atomic mass is 35.5. The lowest BCUT2D eigenvalue weighted by atomic mass is 10.0. The van der Waals surface area contributed by atoms with Gasteiger partial charge >= 0.3 is 6.09 Å². The molecule has 1 aliphatic heterocycles. The third-order valence-corrected chi connectivity index (χ3v) is 4.36. The van der Waals surface area contributed by atoms with E-state index in [0.29, 0.717) is 18.7 Å². The topological polar surface area (TPSA) is 89.2 Å². The zero-order chi connectivity index (χ0) is 16.3. The number of nitrogens with one attached hydrogen (secondary N) is 1. The van der Waals surface area contributed by atoms with Gasteiger partial charge in [-0.25, -0.2) is 9.78 Å². The molecule has 22 heavy (non-hydrogen) atoms. The lowest BCUT2D eigenvalue weighted by Gasteiger charge is -2.34. The number of nitriles is 1. The first kappa shape index (κ1) is 16.4. The van der Waals surface area contributed by atoms with Crippen LogP contribution in [0.1, 0.15) is 36.5 Å². The molecule has 118 valence electrons. The normalized spacial score (nSPS) is 15.5. The Labute approximate surface area is 134 Å². The first-order valence-electron chi connectivity index (χ1n) is 7.31. The van der Waals surface area contributed by atoms with Crippen LogP contribution >= 0.6 is 11.6 Å². The minimum Gasteiger partial charge on any atom is -0.465 e. The van der Waals surface area contributed by atoms with Gasteiger partial charge in [-0.1, -0.05) is 18.5 Å². The average molecular weight is 323 g/mol. The third kappa shape index (κ3) is 3.25. The molecule has 1 aromatic rings. The lowest BCUT2D eigenvalue weighted by molar-refractivity contribution is 0.187. The summed E-state index contributed by atoms with van der Waals surface area (Å²) in [5, 5.41) is 20.8. The molecule has 0 aliphatic carbocycles. The molecule has 6 nitrogen and oxygen atoms in total. The molecule has 2 heterocycles. The van der Waals surface area contributed by atoms with E-state index in [2.05, 4.69) is 21.3 Å². The fourth-order valence-corrected chi connectivity index (χ4v) is 3.19. The van der Waals surface area contributed by atoms with Crippen LogP contribution in [0.5, 0.6) is 0 Å². The summed E-state index contributed by atoms with van der Waals surface area (Å²) in [5.74, 6) is 0.801. The summed E-state index contributed by atoms with van der Waals surface area (Å²) >= 11 is 6.15. The molecule has 1 saturated heterocycles. The van der Waals surface area contributed by atoms with Gasteiger partial charge in [-0.2, -0.15) is 5.26 Å². The molecule has 0 atom stereocenters. The molecule has 1 aromatic heterocycles. The van der Waals surface area contributed by atoms with Crippen molar-refractivity contribution in [1.29, 1.82) is 5.26 Å². The van der Waals surface area contributed by atoms with Crippen LogP contribution in [0.4, 0.5) is 10.6 Å². The van der Waals surface area contributed by atoms with Crippen molar-refractivity contribution in [2.75, 3.05) is 18.0 Å². The maximum absolute atomic E-state index is 10.7. The molecule has 1 aliphatic rings. The van der Waals surface area contributed by atoms with Crippen LogP contribution in [-0.4, -0.2) is 35.3 Å². The quantitative estimate of drug-likeness (QED) is 0.835. The maximum atomic E-state index is 10.7. The molecule has 1 fully saturated rings. The molecule has 1 amide bonds. The van der Waals surface area contributed by atoms with Crippen LogP contribution in [0.15, 0.2) is 0 Å². The number of rotatable bonds is 3. The Balaban J connectivity index is 2.23. The highest BCUT2D eigenvalue weighted by Crippen LogP contribution is 2.30. The van der Waals surface area contributed by atoms with E-state index in [9.17, 15) is 10.1 Å². The number of nitrogens with zero attached hydrogens (tertiary/aromatic N) is 3. The number of carboxylic acid groups (broad SMARTS) is 1. The second-order valence-electron chi connectivity index (χ2n) is 5.38. The first-order valence-corrected chi connectivity index (χ1v) is 7.69. The standard InChI is InChI=1S/C15H19ClN4O2/c1-3-11-9(2)14(19-13(16)12(11)8-17)20-6-4-10(5-7-20)18-15(21)22/h10,18H,3-7H2,1-2H3,(H,21,22). The number of hydrogen-bond donors (Lipinski definition) is 2. The van der Waals surface area contributed by atoms with Gasteiger partial charge in [-0.3, -0.25) is 0 Å². The zero-order valence-electron chi connectivity index (χ0n) is 12.7. The number of amides is 1. The van der Waals surface area contributed by atoms with Gasteiger partial charge < -0.3 is 15.3 Å². The summed E-state index contributed by atoms with van der Waals surface area (Å²) in [6, 6.07) is 2.11. The summed E-state index contributed by atoms with van der Waals surface area (Å²) in [7, 11) is 0. The van der Waals surface area contributed by atoms with Crippen molar-refractivity contribution >= 4 is 23.5 Å². The molecular formula is C15H19ClN4O2. The largest absolute Gasteiger partial charge is 0.465 e. The number of aromatic nitrogens is 1. The highest BCUT2D eigenvalue weighted by Gasteiger charge is 2.24. The fraction of sp³-hybridized carbons (Fsp3) is 0.533. The van der Waals surface area contributed by atoms with E-state index in [1.54, 1.807) is 0 Å². The summed E-state index contributed by atoms with van der Waals surface area (Å²) in [6.45, 7) is 5.38. The number of carbonyl (C=O) groups is 1. The van der Waals surface area contributed by atoms with Gasteiger partial charge in [0.1, 0.15) is 17.0 Å². The molecule has 0 radical (unpaired) electrons. The maximum Gasteiger partial charge on any atom is 0.404 e. The average Bonchev–Trinajstić information content (AvgIpc) is 2.49. The SMILES string of the molecule is CCc1c(C)c(N2CCC(NC(=O)O)CC2)nc(Cl)c1C#N. The van der Waals surface area contributed by atoms with Gasteiger partial charge in [0, 0.05) is 19.1 Å².